The van der Waals surface area contributed by atoms with Gasteiger partial charge in [0.1, 0.15) is 52.1 Å². The minimum absolute atomic E-state index is 0.00492. The number of hydrogen-bond donors (Lipinski definition) is 3. The van der Waals surface area contributed by atoms with E-state index in [0.717, 1.165) is 0 Å². The van der Waals surface area contributed by atoms with Crippen molar-refractivity contribution in [1.29, 1.82) is 0 Å². The number of phenols is 2. The van der Waals surface area contributed by atoms with Gasteiger partial charge in [0, 0.05) is 23.9 Å². The van der Waals surface area contributed by atoms with Crippen molar-refractivity contribution in [3.05, 3.63) is 64.1 Å². The zero-order valence-corrected chi connectivity index (χ0v) is 20.6. The molecule has 3 N–H and O–H groups in total. The molecule has 0 bridgehead atoms. The first-order valence-electron chi connectivity index (χ1n) is 11.3. The van der Waals surface area contributed by atoms with Crippen LogP contribution in [-0.2, 0) is 15.0 Å². The number of benzene rings is 2. The number of Topliss-reactive ketones (excluding diaryl/α,β-unsaturated/α-hetero) is 2. The Morgan fingerprint density at radius 2 is 1.72 bits per heavy atom. The Morgan fingerprint density at radius 1 is 1.08 bits per heavy atom. The zero-order valence-electron chi connectivity index (χ0n) is 20.6. The summed E-state index contributed by atoms with van der Waals surface area (Å²) in [4.78, 5) is 39.0. The summed E-state index contributed by atoms with van der Waals surface area (Å²) in [6.45, 7) is 6.40. The maximum atomic E-state index is 13.7. The molecule has 0 saturated carbocycles. The van der Waals surface area contributed by atoms with Crippen molar-refractivity contribution in [3.8, 4) is 28.7 Å². The predicted molar refractivity (Wildman–Crippen MR) is 130 cm³/mol. The second-order valence-corrected chi connectivity index (χ2v) is 8.84. The third-order valence-corrected chi connectivity index (χ3v) is 6.58. The van der Waals surface area contributed by atoms with Crippen molar-refractivity contribution < 1.29 is 38.8 Å². The SMILES string of the molecule is COc1ccc(OCCN/C(C)=C2\C(=O)C=C3Oc4c(C(C)=O)c(O)c(C)c(O)c4[C@]3(C)C2=O)cc1. The van der Waals surface area contributed by atoms with E-state index < -0.39 is 28.5 Å². The van der Waals surface area contributed by atoms with E-state index in [0.29, 0.717) is 23.7 Å². The van der Waals surface area contributed by atoms with Crippen molar-refractivity contribution in [3.63, 3.8) is 0 Å². The first-order chi connectivity index (χ1) is 17.0. The molecule has 2 aromatic carbocycles. The van der Waals surface area contributed by atoms with E-state index in [2.05, 4.69) is 5.32 Å². The fourth-order valence-electron chi connectivity index (χ4n) is 4.53. The minimum atomic E-state index is -1.55. The molecule has 0 amide bonds. The minimum Gasteiger partial charge on any atom is -0.507 e. The van der Waals surface area contributed by atoms with Gasteiger partial charge in [0.25, 0.3) is 0 Å². The summed E-state index contributed by atoms with van der Waals surface area (Å²) in [7, 11) is 1.58. The highest BCUT2D eigenvalue weighted by Crippen LogP contribution is 2.57. The van der Waals surface area contributed by atoms with Crippen molar-refractivity contribution in [2.24, 2.45) is 0 Å². The van der Waals surface area contributed by atoms with Crippen LogP contribution < -0.4 is 19.5 Å². The molecule has 1 atom stereocenters. The average molecular weight is 494 g/mol. The first-order valence-corrected chi connectivity index (χ1v) is 11.3. The van der Waals surface area contributed by atoms with Crippen LogP contribution in [0.3, 0.4) is 0 Å². The van der Waals surface area contributed by atoms with Crippen LogP contribution in [0.4, 0.5) is 0 Å². The van der Waals surface area contributed by atoms with Crippen molar-refractivity contribution in [2.45, 2.75) is 33.1 Å². The highest BCUT2D eigenvalue weighted by Gasteiger charge is 2.56. The lowest BCUT2D eigenvalue weighted by atomic mass is 9.70. The van der Waals surface area contributed by atoms with Gasteiger partial charge in [0.15, 0.2) is 17.3 Å². The number of ketones is 3. The third kappa shape index (κ3) is 3.77. The number of methoxy groups -OCH3 is 1. The predicted octanol–water partition coefficient (Wildman–Crippen LogP) is 3.25. The summed E-state index contributed by atoms with van der Waals surface area (Å²) in [6.07, 6.45) is 1.19. The Hall–Kier alpha value is -4.27. The molecule has 0 aromatic heterocycles. The van der Waals surface area contributed by atoms with Crippen LogP contribution in [-0.4, -0.2) is 47.8 Å². The van der Waals surface area contributed by atoms with E-state index in [-0.39, 0.29) is 46.1 Å². The molecule has 9 nitrogen and oxygen atoms in total. The van der Waals surface area contributed by atoms with Crippen LogP contribution in [0.15, 0.2) is 47.4 Å². The number of fused-ring (bicyclic) bond motifs is 3. The van der Waals surface area contributed by atoms with Crippen LogP contribution in [0.2, 0.25) is 0 Å². The Kier molecular flexibility index (Phi) is 6.26. The Bertz CT molecular complexity index is 1350. The zero-order chi connectivity index (χ0) is 26.4. The van der Waals surface area contributed by atoms with E-state index in [4.69, 9.17) is 14.2 Å². The quantitative estimate of drug-likeness (QED) is 0.230. The van der Waals surface area contributed by atoms with Crippen molar-refractivity contribution >= 4 is 17.3 Å². The van der Waals surface area contributed by atoms with Crippen molar-refractivity contribution in [2.75, 3.05) is 20.3 Å². The lowest BCUT2D eigenvalue weighted by molar-refractivity contribution is -0.123. The molecule has 0 radical (unpaired) electrons. The van der Waals surface area contributed by atoms with Gasteiger partial charge in [-0.15, -0.1) is 0 Å². The number of phenolic OH excluding ortho intramolecular Hbond substituents is 2. The molecule has 1 aliphatic carbocycles. The summed E-state index contributed by atoms with van der Waals surface area (Å²) < 4.78 is 16.6. The molecule has 9 heteroatoms. The second kappa shape index (κ2) is 9.07. The fourth-order valence-corrected chi connectivity index (χ4v) is 4.53. The maximum Gasteiger partial charge on any atom is 0.194 e. The van der Waals surface area contributed by atoms with Crippen LogP contribution in [0.25, 0.3) is 0 Å². The van der Waals surface area contributed by atoms with E-state index in [1.807, 2.05) is 0 Å². The molecule has 0 unspecified atom stereocenters. The molecule has 2 aromatic rings. The van der Waals surface area contributed by atoms with Gasteiger partial charge in [-0.05, 0) is 52.0 Å². The van der Waals surface area contributed by atoms with Gasteiger partial charge in [-0.3, -0.25) is 14.4 Å². The van der Waals surface area contributed by atoms with E-state index in [9.17, 15) is 24.6 Å². The normalized spacial score (nSPS) is 19.6. The molecule has 0 fully saturated rings. The molecule has 2 aliphatic rings. The number of rotatable bonds is 7. The van der Waals surface area contributed by atoms with E-state index in [1.165, 1.54) is 26.8 Å². The summed E-state index contributed by atoms with van der Waals surface area (Å²) in [6, 6.07) is 7.08. The molecule has 1 heterocycles. The Morgan fingerprint density at radius 3 is 2.33 bits per heavy atom. The molecule has 4 rings (SSSR count). The number of aromatic hydroxyl groups is 2. The van der Waals surface area contributed by atoms with Gasteiger partial charge in [-0.25, -0.2) is 0 Å². The number of hydrogen-bond acceptors (Lipinski definition) is 9. The number of nitrogens with one attached hydrogen (secondary N) is 1. The monoisotopic (exact) mass is 493 g/mol. The topological polar surface area (TPSA) is 131 Å². The standard InChI is InChI=1S/C27H27NO8/c1-13-23(31)21(15(3)29)25-22(24(13)32)27(4)19(36-25)12-18(30)20(26(27)33)14(2)28-10-11-35-17-8-6-16(34-5)7-9-17/h6-9,12,28,31-32H,10-11H2,1-5H3/b20-14+/t27-/m1/s1. The van der Waals surface area contributed by atoms with Crippen LogP contribution >= 0.6 is 0 Å². The molecule has 0 spiro atoms. The Balaban J connectivity index is 1.62. The number of carbonyl (C=O) groups is 3. The average Bonchev–Trinajstić information content (AvgIpc) is 3.13. The highest BCUT2D eigenvalue weighted by atomic mass is 16.5. The lowest BCUT2D eigenvalue weighted by Crippen LogP contribution is -2.41. The highest BCUT2D eigenvalue weighted by molar-refractivity contribution is 6.31. The summed E-state index contributed by atoms with van der Waals surface area (Å²) in [5.74, 6) is -1.20. The van der Waals surface area contributed by atoms with Gasteiger partial charge < -0.3 is 29.7 Å². The van der Waals surface area contributed by atoms with Crippen molar-refractivity contribution in [1.82, 2.24) is 5.32 Å². The fraction of sp³-hybridized carbons (Fsp3) is 0.296. The summed E-state index contributed by atoms with van der Waals surface area (Å²) in [5.41, 5.74) is -1.33. The number of allylic oxidation sites excluding steroid dienone is 4. The van der Waals surface area contributed by atoms with Gasteiger partial charge in [0.2, 0.25) is 0 Å². The first kappa shape index (κ1) is 24.8. The molecule has 0 saturated heterocycles. The van der Waals surface area contributed by atoms with Crippen LogP contribution in [0, 0.1) is 6.92 Å². The van der Waals surface area contributed by atoms with Crippen LogP contribution in [0.5, 0.6) is 28.7 Å². The third-order valence-electron chi connectivity index (χ3n) is 6.58. The number of carbonyl (C=O) groups excluding carboxylic acids is 3. The van der Waals surface area contributed by atoms with Gasteiger partial charge in [0.05, 0.1) is 18.2 Å². The number of ether oxygens (including phenoxy) is 3. The largest absolute Gasteiger partial charge is 0.507 e. The smallest absolute Gasteiger partial charge is 0.194 e. The van der Waals surface area contributed by atoms with E-state index >= 15 is 0 Å². The molecular formula is C27H27NO8. The van der Waals surface area contributed by atoms with E-state index in [1.54, 1.807) is 38.3 Å². The second-order valence-electron chi connectivity index (χ2n) is 8.84. The Labute approximate surface area is 208 Å². The molecular weight excluding hydrogens is 466 g/mol. The van der Waals surface area contributed by atoms with Gasteiger partial charge in [-0.1, -0.05) is 0 Å². The van der Waals surface area contributed by atoms with Crippen LogP contribution in [0.1, 0.15) is 42.3 Å². The van der Waals surface area contributed by atoms with Gasteiger partial charge in [-0.2, -0.15) is 0 Å². The summed E-state index contributed by atoms with van der Waals surface area (Å²) >= 11 is 0. The summed E-state index contributed by atoms with van der Waals surface area (Å²) in [5, 5.41) is 24.4. The molecule has 36 heavy (non-hydrogen) atoms. The molecule has 1 aliphatic heterocycles. The maximum absolute atomic E-state index is 13.7. The lowest BCUT2D eigenvalue weighted by Gasteiger charge is -2.29. The molecule has 188 valence electrons. The van der Waals surface area contributed by atoms with Gasteiger partial charge >= 0.3 is 0 Å².